The van der Waals surface area contributed by atoms with Gasteiger partial charge in [0.25, 0.3) is 0 Å². The topological polar surface area (TPSA) is 67.4 Å². The van der Waals surface area contributed by atoms with Gasteiger partial charge < -0.3 is 10.1 Å². The SMILES string of the molecule is CC(C)(CN[C@@H]1[C@H]2CCO[C@@H]2C12CCCC2)NS(C)(=O)=O. The molecule has 0 unspecified atom stereocenters. The summed E-state index contributed by atoms with van der Waals surface area (Å²) in [5, 5.41) is 3.68. The predicted molar refractivity (Wildman–Crippen MR) is 82.6 cm³/mol. The number of hydrogen-bond acceptors (Lipinski definition) is 4. The van der Waals surface area contributed by atoms with Crippen molar-refractivity contribution < 1.29 is 13.2 Å². The Morgan fingerprint density at radius 1 is 1.29 bits per heavy atom. The Kier molecular flexibility index (Phi) is 3.88. The summed E-state index contributed by atoms with van der Waals surface area (Å²) in [5.41, 5.74) is -0.139. The molecule has 0 aromatic rings. The lowest BCUT2D eigenvalue weighted by Gasteiger charge is -2.57. The van der Waals surface area contributed by atoms with Crippen molar-refractivity contribution in [3.8, 4) is 0 Å². The van der Waals surface area contributed by atoms with Gasteiger partial charge in [-0.3, -0.25) is 0 Å². The highest BCUT2D eigenvalue weighted by Crippen LogP contribution is 2.60. The van der Waals surface area contributed by atoms with Gasteiger partial charge in [0.1, 0.15) is 0 Å². The van der Waals surface area contributed by atoms with Crippen LogP contribution in [0, 0.1) is 11.3 Å². The fourth-order valence-corrected chi connectivity index (χ4v) is 5.99. The molecule has 2 saturated carbocycles. The van der Waals surface area contributed by atoms with Gasteiger partial charge in [-0.1, -0.05) is 12.8 Å². The normalized spacial score (nSPS) is 34.9. The van der Waals surface area contributed by atoms with Gasteiger partial charge in [0.15, 0.2) is 0 Å². The zero-order chi connectivity index (χ0) is 15.3. The van der Waals surface area contributed by atoms with Crippen molar-refractivity contribution >= 4 is 10.0 Å². The first-order valence-corrected chi connectivity index (χ1v) is 9.97. The summed E-state index contributed by atoms with van der Waals surface area (Å²) in [6.45, 7) is 5.42. The van der Waals surface area contributed by atoms with Crippen LogP contribution in [0.3, 0.4) is 0 Å². The third-order valence-electron chi connectivity index (χ3n) is 5.51. The Bertz CT molecular complexity index is 497. The van der Waals surface area contributed by atoms with E-state index in [9.17, 15) is 8.42 Å². The van der Waals surface area contributed by atoms with E-state index in [1.165, 1.54) is 31.9 Å². The molecule has 6 heteroatoms. The summed E-state index contributed by atoms with van der Waals surface area (Å²) in [7, 11) is -3.18. The number of ether oxygens (including phenoxy) is 1. The Morgan fingerprint density at radius 2 is 1.95 bits per heavy atom. The van der Waals surface area contributed by atoms with Crippen LogP contribution in [-0.2, 0) is 14.8 Å². The number of fused-ring (bicyclic) bond motifs is 2. The van der Waals surface area contributed by atoms with Crippen molar-refractivity contribution in [3.63, 3.8) is 0 Å². The Balaban J connectivity index is 1.64. The number of nitrogens with one attached hydrogen (secondary N) is 2. The molecule has 0 bridgehead atoms. The van der Waals surface area contributed by atoms with Gasteiger partial charge in [0, 0.05) is 36.1 Å². The first-order valence-electron chi connectivity index (χ1n) is 8.08. The molecule has 0 amide bonds. The van der Waals surface area contributed by atoms with Gasteiger partial charge >= 0.3 is 0 Å². The lowest BCUT2D eigenvalue weighted by Crippen LogP contribution is -2.69. The molecular weight excluding hydrogens is 288 g/mol. The minimum atomic E-state index is -3.18. The van der Waals surface area contributed by atoms with E-state index in [1.807, 2.05) is 13.8 Å². The summed E-state index contributed by atoms with van der Waals surface area (Å²) < 4.78 is 31.6. The molecule has 2 N–H and O–H groups in total. The molecule has 21 heavy (non-hydrogen) atoms. The quantitative estimate of drug-likeness (QED) is 0.801. The second-order valence-electron chi connectivity index (χ2n) is 7.80. The van der Waals surface area contributed by atoms with E-state index in [0.717, 1.165) is 13.0 Å². The summed E-state index contributed by atoms with van der Waals surface area (Å²) in [6, 6.07) is 0.494. The first-order chi connectivity index (χ1) is 9.74. The molecule has 3 aliphatic rings. The maximum Gasteiger partial charge on any atom is 0.209 e. The molecule has 5 nitrogen and oxygen atoms in total. The standard InChI is InChI=1S/C15H28N2O3S/c1-14(2,17-21(3,18)19)10-16-12-11-6-9-20-13(11)15(12)7-4-5-8-15/h11-13,16-17H,4-10H2,1-3H3/t11-,12-,13+/m1/s1. The molecule has 3 rings (SSSR count). The molecule has 0 aromatic heterocycles. The van der Waals surface area contributed by atoms with E-state index >= 15 is 0 Å². The van der Waals surface area contributed by atoms with Gasteiger partial charge in [-0.15, -0.1) is 0 Å². The van der Waals surface area contributed by atoms with Crippen molar-refractivity contribution in [2.45, 2.75) is 63.6 Å². The van der Waals surface area contributed by atoms with Crippen molar-refractivity contribution in [1.29, 1.82) is 0 Å². The van der Waals surface area contributed by atoms with Crippen LogP contribution in [0.15, 0.2) is 0 Å². The third-order valence-corrected chi connectivity index (χ3v) is 6.44. The van der Waals surface area contributed by atoms with Crippen molar-refractivity contribution in [2.24, 2.45) is 11.3 Å². The highest BCUT2D eigenvalue weighted by molar-refractivity contribution is 7.88. The Labute approximate surface area is 128 Å². The summed E-state index contributed by atoms with van der Waals surface area (Å²) in [5.74, 6) is 0.622. The lowest BCUT2D eigenvalue weighted by molar-refractivity contribution is -0.131. The van der Waals surface area contributed by atoms with E-state index in [2.05, 4.69) is 10.0 Å². The van der Waals surface area contributed by atoms with Gasteiger partial charge in [0.05, 0.1) is 12.4 Å². The molecule has 3 fully saturated rings. The van der Waals surface area contributed by atoms with Crippen LogP contribution in [0.4, 0.5) is 0 Å². The van der Waals surface area contributed by atoms with Crippen LogP contribution >= 0.6 is 0 Å². The maximum absolute atomic E-state index is 11.4. The summed E-state index contributed by atoms with van der Waals surface area (Å²) in [6.07, 6.45) is 7.92. The van der Waals surface area contributed by atoms with Crippen molar-refractivity contribution in [3.05, 3.63) is 0 Å². The highest BCUT2D eigenvalue weighted by atomic mass is 32.2. The number of rotatable bonds is 5. The van der Waals surface area contributed by atoms with Gasteiger partial charge in [-0.05, 0) is 33.1 Å². The zero-order valence-electron chi connectivity index (χ0n) is 13.3. The largest absolute Gasteiger partial charge is 0.377 e. The van der Waals surface area contributed by atoms with Crippen LogP contribution in [0.5, 0.6) is 0 Å². The lowest BCUT2D eigenvalue weighted by atomic mass is 9.54. The second kappa shape index (κ2) is 5.18. The van der Waals surface area contributed by atoms with E-state index < -0.39 is 15.6 Å². The molecular formula is C15H28N2O3S. The van der Waals surface area contributed by atoms with Gasteiger partial charge in [0.2, 0.25) is 10.0 Å². The van der Waals surface area contributed by atoms with Crippen LogP contribution < -0.4 is 10.0 Å². The Hall–Kier alpha value is -0.170. The zero-order valence-corrected chi connectivity index (χ0v) is 14.1. The van der Waals surface area contributed by atoms with E-state index in [0.29, 0.717) is 30.0 Å². The van der Waals surface area contributed by atoms with Crippen molar-refractivity contribution in [1.82, 2.24) is 10.0 Å². The third kappa shape index (κ3) is 2.87. The van der Waals surface area contributed by atoms with Crippen LogP contribution in [-0.4, -0.2) is 45.5 Å². The van der Waals surface area contributed by atoms with E-state index in [1.54, 1.807) is 0 Å². The number of hydrogen-bond donors (Lipinski definition) is 2. The van der Waals surface area contributed by atoms with E-state index in [4.69, 9.17) is 4.74 Å². The molecule has 0 radical (unpaired) electrons. The monoisotopic (exact) mass is 316 g/mol. The molecule has 0 aromatic carbocycles. The summed E-state index contributed by atoms with van der Waals surface area (Å²) in [4.78, 5) is 0. The molecule has 122 valence electrons. The maximum atomic E-state index is 11.4. The Morgan fingerprint density at radius 3 is 2.57 bits per heavy atom. The van der Waals surface area contributed by atoms with Gasteiger partial charge in [-0.2, -0.15) is 0 Å². The molecule has 1 heterocycles. The van der Waals surface area contributed by atoms with Crippen LogP contribution in [0.2, 0.25) is 0 Å². The molecule has 1 saturated heterocycles. The summed E-state index contributed by atoms with van der Waals surface area (Å²) >= 11 is 0. The fraction of sp³-hybridized carbons (Fsp3) is 1.00. The highest BCUT2D eigenvalue weighted by Gasteiger charge is 2.64. The van der Waals surface area contributed by atoms with E-state index in [-0.39, 0.29) is 0 Å². The molecule has 1 spiro atoms. The second-order valence-corrected chi connectivity index (χ2v) is 9.55. The predicted octanol–water partition coefficient (Wildman–Crippen LogP) is 1.25. The first kappa shape index (κ1) is 15.7. The minimum Gasteiger partial charge on any atom is -0.377 e. The molecule has 2 aliphatic carbocycles. The average Bonchev–Trinajstić information content (AvgIpc) is 2.91. The van der Waals surface area contributed by atoms with Crippen molar-refractivity contribution in [2.75, 3.05) is 19.4 Å². The van der Waals surface area contributed by atoms with Crippen LogP contribution in [0.1, 0.15) is 46.0 Å². The van der Waals surface area contributed by atoms with Gasteiger partial charge in [-0.25, -0.2) is 13.1 Å². The van der Waals surface area contributed by atoms with Crippen LogP contribution in [0.25, 0.3) is 0 Å². The minimum absolute atomic E-state index is 0.322. The molecule has 1 aliphatic heterocycles. The fourth-order valence-electron chi connectivity index (χ4n) is 4.91. The smallest absolute Gasteiger partial charge is 0.209 e. The molecule has 3 atom stereocenters. The number of sulfonamides is 1. The average molecular weight is 316 g/mol.